The first kappa shape index (κ1) is 18.3. The molecule has 0 bridgehead atoms. The first-order valence-corrected chi connectivity index (χ1v) is 10.9. The molecule has 4 nitrogen and oxygen atoms in total. The molecule has 150 valence electrons. The third-order valence-corrected chi connectivity index (χ3v) is 6.85. The zero-order chi connectivity index (χ0) is 19.8. The maximum atomic E-state index is 13.2. The van der Waals surface area contributed by atoms with E-state index in [0.717, 1.165) is 30.5 Å². The Hall–Kier alpha value is -2.75. The number of para-hydroxylation sites is 2. The highest BCUT2D eigenvalue weighted by atomic mass is 16.3. The van der Waals surface area contributed by atoms with Crippen molar-refractivity contribution < 1.29 is 9.90 Å². The lowest BCUT2D eigenvalue weighted by molar-refractivity contribution is 0.0928. The molecule has 3 aliphatic rings. The zero-order valence-corrected chi connectivity index (χ0v) is 16.6. The van der Waals surface area contributed by atoms with Gasteiger partial charge in [0.15, 0.2) is 0 Å². The average molecular weight is 389 g/mol. The van der Waals surface area contributed by atoms with E-state index in [9.17, 15) is 9.90 Å². The van der Waals surface area contributed by atoms with Gasteiger partial charge >= 0.3 is 0 Å². The van der Waals surface area contributed by atoms with Gasteiger partial charge in [0.1, 0.15) is 5.75 Å². The van der Waals surface area contributed by atoms with Crippen molar-refractivity contribution in [2.24, 2.45) is 5.92 Å². The summed E-state index contributed by atoms with van der Waals surface area (Å²) >= 11 is 0. The number of phenols is 1. The van der Waals surface area contributed by atoms with Crippen molar-refractivity contribution in [3.8, 4) is 5.75 Å². The van der Waals surface area contributed by atoms with Gasteiger partial charge in [-0.1, -0.05) is 61.7 Å². The van der Waals surface area contributed by atoms with Gasteiger partial charge in [-0.2, -0.15) is 0 Å². The number of anilines is 1. The second-order valence-electron chi connectivity index (χ2n) is 8.61. The molecule has 0 spiro atoms. The van der Waals surface area contributed by atoms with Gasteiger partial charge < -0.3 is 15.7 Å². The molecule has 3 atom stereocenters. The highest BCUT2D eigenvalue weighted by molar-refractivity contribution is 6.01. The molecule has 0 aromatic heterocycles. The minimum atomic E-state index is -0.0210. The van der Waals surface area contributed by atoms with Crippen molar-refractivity contribution in [1.29, 1.82) is 0 Å². The second-order valence-corrected chi connectivity index (χ2v) is 8.61. The molecule has 1 amide bonds. The fraction of sp³-hybridized carbons (Fsp3) is 0.400. The van der Waals surface area contributed by atoms with Crippen molar-refractivity contribution in [2.45, 2.75) is 56.5 Å². The van der Waals surface area contributed by atoms with Gasteiger partial charge in [0.25, 0.3) is 5.91 Å². The number of nitrogens with one attached hydrogen (secondary N) is 2. The average Bonchev–Trinajstić information content (AvgIpc) is 3.24. The van der Waals surface area contributed by atoms with Crippen molar-refractivity contribution in [3.63, 3.8) is 0 Å². The lowest BCUT2D eigenvalue weighted by atomic mass is 9.76. The number of phenolic OH excluding ortho intramolecular Hbond substituents is 1. The molecule has 0 radical (unpaired) electrons. The van der Waals surface area contributed by atoms with Crippen LogP contribution in [-0.4, -0.2) is 17.1 Å². The maximum absolute atomic E-state index is 13.2. The molecule has 2 aromatic rings. The van der Waals surface area contributed by atoms with Crippen LogP contribution >= 0.6 is 0 Å². The van der Waals surface area contributed by atoms with Crippen LogP contribution in [0.25, 0.3) is 0 Å². The van der Waals surface area contributed by atoms with E-state index in [-0.39, 0.29) is 23.9 Å². The largest absolute Gasteiger partial charge is 0.508 e. The normalized spacial score (nSPS) is 25.7. The predicted molar refractivity (Wildman–Crippen MR) is 115 cm³/mol. The summed E-state index contributed by atoms with van der Waals surface area (Å²) in [6.07, 6.45) is 11.3. The van der Waals surface area contributed by atoms with Crippen LogP contribution in [-0.2, 0) is 0 Å². The van der Waals surface area contributed by atoms with Crippen molar-refractivity contribution in [3.05, 3.63) is 71.3 Å². The maximum Gasteiger partial charge on any atom is 0.253 e. The number of aromatic hydroxyl groups is 1. The molecule has 5 rings (SSSR count). The van der Waals surface area contributed by atoms with E-state index in [0.29, 0.717) is 17.2 Å². The Balaban J connectivity index is 1.50. The van der Waals surface area contributed by atoms with Gasteiger partial charge in [0.2, 0.25) is 0 Å². The SMILES string of the molecule is O=C(NC1CCCCC1)c1cccc2c1NC(c1ccccc1O)C1CC=CC21. The van der Waals surface area contributed by atoms with Crippen LogP contribution in [0, 0.1) is 5.92 Å². The molecule has 1 saturated carbocycles. The fourth-order valence-corrected chi connectivity index (χ4v) is 5.38. The van der Waals surface area contributed by atoms with Gasteiger partial charge in [0, 0.05) is 17.5 Å². The minimum absolute atomic E-state index is 0.0118. The Bertz CT molecular complexity index is 946. The number of hydrogen-bond acceptors (Lipinski definition) is 3. The summed E-state index contributed by atoms with van der Waals surface area (Å²) in [6.45, 7) is 0. The van der Waals surface area contributed by atoms with Gasteiger partial charge in [0.05, 0.1) is 17.3 Å². The highest BCUT2D eigenvalue weighted by Crippen LogP contribution is 2.51. The molecule has 0 saturated heterocycles. The first-order valence-electron chi connectivity index (χ1n) is 10.9. The molecule has 1 heterocycles. The Labute approximate surface area is 172 Å². The molecule has 2 aliphatic carbocycles. The number of allylic oxidation sites excluding steroid dienone is 2. The smallest absolute Gasteiger partial charge is 0.253 e. The summed E-state index contributed by atoms with van der Waals surface area (Å²) in [5.41, 5.74) is 3.72. The van der Waals surface area contributed by atoms with Crippen molar-refractivity contribution in [1.82, 2.24) is 5.32 Å². The highest BCUT2D eigenvalue weighted by Gasteiger charge is 2.40. The number of carbonyl (C=O) groups excluding carboxylic acids is 1. The summed E-state index contributed by atoms with van der Waals surface area (Å²) in [7, 11) is 0. The first-order chi connectivity index (χ1) is 14.2. The Kier molecular flexibility index (Phi) is 4.78. The summed E-state index contributed by atoms with van der Waals surface area (Å²) < 4.78 is 0. The van der Waals surface area contributed by atoms with Crippen molar-refractivity contribution in [2.75, 3.05) is 5.32 Å². The van der Waals surface area contributed by atoms with Gasteiger partial charge in [-0.3, -0.25) is 4.79 Å². The second kappa shape index (κ2) is 7.58. The van der Waals surface area contributed by atoms with E-state index in [4.69, 9.17) is 0 Å². The van der Waals surface area contributed by atoms with Gasteiger partial charge in [-0.25, -0.2) is 0 Å². The molecule has 29 heavy (non-hydrogen) atoms. The van der Waals surface area contributed by atoms with E-state index in [1.54, 1.807) is 6.07 Å². The van der Waals surface area contributed by atoms with Crippen molar-refractivity contribution >= 4 is 11.6 Å². The van der Waals surface area contributed by atoms with Crippen LogP contribution in [0.4, 0.5) is 5.69 Å². The Morgan fingerprint density at radius 1 is 1.00 bits per heavy atom. The lowest BCUT2D eigenvalue weighted by Gasteiger charge is -2.38. The van der Waals surface area contributed by atoms with E-state index in [1.807, 2.05) is 30.3 Å². The van der Waals surface area contributed by atoms with E-state index < -0.39 is 0 Å². The molecule has 2 aromatic carbocycles. The zero-order valence-electron chi connectivity index (χ0n) is 16.6. The van der Waals surface area contributed by atoms with E-state index >= 15 is 0 Å². The summed E-state index contributed by atoms with van der Waals surface area (Å²) in [5.74, 6) is 0.923. The summed E-state index contributed by atoms with van der Waals surface area (Å²) in [5, 5.41) is 17.4. The number of carbonyl (C=O) groups is 1. The monoisotopic (exact) mass is 388 g/mol. The number of amides is 1. The molecule has 1 fully saturated rings. The number of rotatable bonds is 3. The molecule has 1 aliphatic heterocycles. The number of benzene rings is 2. The number of hydrogen-bond donors (Lipinski definition) is 3. The van der Waals surface area contributed by atoms with Crippen LogP contribution in [0.15, 0.2) is 54.6 Å². The van der Waals surface area contributed by atoms with Crippen LogP contribution in [0.2, 0.25) is 0 Å². The Morgan fingerprint density at radius 2 is 1.79 bits per heavy atom. The van der Waals surface area contributed by atoms with Crippen LogP contribution in [0.1, 0.15) is 72.0 Å². The standard InChI is InChI=1S/C25H28N2O2/c28-22-15-5-4-10-20(22)23-18-12-6-11-17(18)19-13-7-14-21(24(19)27-23)25(29)26-16-8-2-1-3-9-16/h4-7,10-11,13-18,23,27-28H,1-3,8-9,12H2,(H,26,29). The van der Waals surface area contributed by atoms with Crippen LogP contribution in [0.5, 0.6) is 5.75 Å². The molecule has 3 unspecified atom stereocenters. The van der Waals surface area contributed by atoms with E-state index in [2.05, 4.69) is 28.9 Å². The quantitative estimate of drug-likeness (QED) is 0.627. The number of fused-ring (bicyclic) bond motifs is 3. The van der Waals surface area contributed by atoms with Gasteiger partial charge in [-0.15, -0.1) is 0 Å². The van der Waals surface area contributed by atoms with Gasteiger partial charge in [-0.05, 0) is 42.9 Å². The third-order valence-electron chi connectivity index (χ3n) is 6.85. The topological polar surface area (TPSA) is 61.4 Å². The summed E-state index contributed by atoms with van der Waals surface area (Å²) in [6, 6.07) is 13.9. The predicted octanol–water partition coefficient (Wildman–Crippen LogP) is 5.28. The fourth-order valence-electron chi connectivity index (χ4n) is 5.38. The van der Waals surface area contributed by atoms with E-state index in [1.165, 1.54) is 24.8 Å². The molecule has 3 N–H and O–H groups in total. The summed E-state index contributed by atoms with van der Waals surface area (Å²) in [4.78, 5) is 13.2. The van der Waals surface area contributed by atoms with Crippen LogP contribution < -0.4 is 10.6 Å². The van der Waals surface area contributed by atoms with Crippen LogP contribution in [0.3, 0.4) is 0 Å². The molecule has 4 heteroatoms. The third kappa shape index (κ3) is 3.31. The molecular weight excluding hydrogens is 360 g/mol. The molecular formula is C25H28N2O2. The minimum Gasteiger partial charge on any atom is -0.508 e. The Morgan fingerprint density at radius 3 is 2.62 bits per heavy atom. The lowest BCUT2D eigenvalue weighted by Crippen LogP contribution is -2.37.